The highest BCUT2D eigenvalue weighted by Gasteiger charge is 2.38. The summed E-state index contributed by atoms with van der Waals surface area (Å²) in [5.41, 5.74) is 5.03. The molecule has 2 N–H and O–H groups in total. The predicted octanol–water partition coefficient (Wildman–Crippen LogP) is 4.58. The van der Waals surface area contributed by atoms with Gasteiger partial charge in [0.25, 0.3) is 0 Å². The molecule has 0 heterocycles. The smallest absolute Gasteiger partial charge is 0.407 e. The van der Waals surface area contributed by atoms with Gasteiger partial charge >= 0.3 is 6.18 Å². The third-order valence-electron chi connectivity index (χ3n) is 3.00. The Labute approximate surface area is 121 Å². The Hall–Kier alpha value is -1.75. The van der Waals surface area contributed by atoms with Gasteiger partial charge < -0.3 is 10.5 Å². The molecular formula is C16H18F3NO. The molecule has 0 unspecified atom stereocenters. The van der Waals surface area contributed by atoms with E-state index in [-0.39, 0.29) is 11.2 Å². The topological polar surface area (TPSA) is 35.2 Å². The SMILES string of the molecule is CC(C)(C)Oc1ccc2c([C@H](N)C(F)(F)F)cccc2c1. The summed E-state index contributed by atoms with van der Waals surface area (Å²) < 4.78 is 44.2. The van der Waals surface area contributed by atoms with Crippen molar-refractivity contribution in [3.05, 3.63) is 42.0 Å². The van der Waals surface area contributed by atoms with Crippen LogP contribution in [0.4, 0.5) is 13.2 Å². The van der Waals surface area contributed by atoms with Crippen LogP contribution in [0.5, 0.6) is 5.75 Å². The first-order valence-electron chi connectivity index (χ1n) is 6.62. The number of rotatable bonds is 2. The maximum atomic E-state index is 12.8. The normalized spacial score (nSPS) is 14.2. The number of hydrogen-bond donors (Lipinski definition) is 1. The first kappa shape index (κ1) is 15.6. The molecule has 0 bridgehead atoms. The van der Waals surface area contributed by atoms with Crippen molar-refractivity contribution in [2.24, 2.45) is 5.73 Å². The maximum Gasteiger partial charge on any atom is 0.407 e. The lowest BCUT2D eigenvalue weighted by Gasteiger charge is -2.22. The lowest BCUT2D eigenvalue weighted by atomic mass is 9.98. The lowest BCUT2D eigenvalue weighted by molar-refractivity contribution is -0.148. The lowest BCUT2D eigenvalue weighted by Crippen LogP contribution is -2.28. The molecule has 0 saturated carbocycles. The van der Waals surface area contributed by atoms with Crippen LogP contribution in [0.3, 0.4) is 0 Å². The highest BCUT2D eigenvalue weighted by molar-refractivity contribution is 5.87. The van der Waals surface area contributed by atoms with Crippen molar-refractivity contribution < 1.29 is 17.9 Å². The van der Waals surface area contributed by atoms with E-state index in [1.54, 1.807) is 30.3 Å². The van der Waals surface area contributed by atoms with Gasteiger partial charge in [0, 0.05) is 0 Å². The van der Waals surface area contributed by atoms with Gasteiger partial charge in [-0.1, -0.05) is 24.3 Å². The van der Waals surface area contributed by atoms with Crippen molar-refractivity contribution in [2.45, 2.75) is 38.6 Å². The fraction of sp³-hybridized carbons (Fsp3) is 0.375. The largest absolute Gasteiger partial charge is 0.488 e. The molecule has 2 nitrogen and oxygen atoms in total. The molecule has 114 valence electrons. The number of ether oxygens (including phenoxy) is 1. The van der Waals surface area contributed by atoms with Gasteiger partial charge in [0.1, 0.15) is 17.4 Å². The molecule has 0 fully saturated rings. The van der Waals surface area contributed by atoms with E-state index in [2.05, 4.69) is 0 Å². The van der Waals surface area contributed by atoms with Crippen molar-refractivity contribution in [3.8, 4) is 5.75 Å². The Morgan fingerprint density at radius 1 is 1.05 bits per heavy atom. The summed E-state index contributed by atoms with van der Waals surface area (Å²) in [6, 6.07) is 7.76. The van der Waals surface area contributed by atoms with E-state index in [1.165, 1.54) is 6.07 Å². The summed E-state index contributed by atoms with van der Waals surface area (Å²) in [5.74, 6) is 0.618. The zero-order valence-electron chi connectivity index (χ0n) is 12.2. The first-order valence-corrected chi connectivity index (χ1v) is 6.62. The summed E-state index contributed by atoms with van der Waals surface area (Å²) in [7, 11) is 0. The molecule has 0 radical (unpaired) electrons. The first-order chi connectivity index (χ1) is 9.58. The standard InChI is InChI=1S/C16H18F3NO/c1-15(2,3)21-11-7-8-12-10(9-11)5-4-6-13(12)14(20)16(17,18)19/h4-9,14H,20H2,1-3H3/t14-/m0/s1. The third-order valence-corrected chi connectivity index (χ3v) is 3.00. The summed E-state index contributed by atoms with van der Waals surface area (Å²) >= 11 is 0. The average Bonchev–Trinajstić information content (AvgIpc) is 2.33. The Morgan fingerprint density at radius 3 is 2.29 bits per heavy atom. The summed E-state index contributed by atoms with van der Waals surface area (Å²) in [6.07, 6.45) is -4.46. The molecule has 1 atom stereocenters. The number of halogens is 3. The molecule has 5 heteroatoms. The molecule has 0 aliphatic rings. The van der Waals surface area contributed by atoms with E-state index in [0.29, 0.717) is 16.5 Å². The molecule has 0 aliphatic carbocycles. The molecule has 0 aliphatic heterocycles. The van der Waals surface area contributed by atoms with Crippen molar-refractivity contribution in [3.63, 3.8) is 0 Å². The van der Waals surface area contributed by atoms with E-state index in [1.807, 2.05) is 20.8 Å². The van der Waals surface area contributed by atoms with Gasteiger partial charge in [0.15, 0.2) is 0 Å². The number of benzene rings is 2. The Balaban J connectivity index is 2.48. The second-order valence-electron chi connectivity index (χ2n) is 5.96. The summed E-state index contributed by atoms with van der Waals surface area (Å²) in [5, 5.41) is 1.16. The third kappa shape index (κ3) is 3.67. The van der Waals surface area contributed by atoms with Gasteiger partial charge in [0.05, 0.1) is 0 Å². The van der Waals surface area contributed by atoms with Crippen LogP contribution in [0.1, 0.15) is 32.4 Å². The van der Waals surface area contributed by atoms with Crippen LogP contribution in [0.2, 0.25) is 0 Å². The molecule has 2 rings (SSSR count). The maximum absolute atomic E-state index is 12.8. The second-order valence-corrected chi connectivity index (χ2v) is 5.96. The van der Waals surface area contributed by atoms with Crippen LogP contribution in [0.15, 0.2) is 36.4 Å². The number of fused-ring (bicyclic) bond motifs is 1. The van der Waals surface area contributed by atoms with Crippen LogP contribution < -0.4 is 10.5 Å². The predicted molar refractivity (Wildman–Crippen MR) is 77.3 cm³/mol. The Bertz CT molecular complexity index is 644. The van der Waals surface area contributed by atoms with E-state index in [9.17, 15) is 13.2 Å². The Kier molecular flexibility index (Phi) is 3.89. The van der Waals surface area contributed by atoms with E-state index in [0.717, 1.165) is 0 Å². The van der Waals surface area contributed by atoms with E-state index < -0.39 is 12.2 Å². The minimum atomic E-state index is -4.46. The highest BCUT2D eigenvalue weighted by atomic mass is 19.4. The average molecular weight is 297 g/mol. The van der Waals surface area contributed by atoms with E-state index in [4.69, 9.17) is 10.5 Å². The minimum absolute atomic E-state index is 0.0716. The fourth-order valence-electron chi connectivity index (χ4n) is 2.15. The van der Waals surface area contributed by atoms with Gasteiger partial charge in [0.2, 0.25) is 0 Å². The summed E-state index contributed by atoms with van der Waals surface area (Å²) in [4.78, 5) is 0. The van der Waals surface area contributed by atoms with Crippen LogP contribution >= 0.6 is 0 Å². The molecule has 2 aromatic rings. The van der Waals surface area contributed by atoms with Crippen molar-refractivity contribution >= 4 is 10.8 Å². The number of nitrogens with two attached hydrogens (primary N) is 1. The molecule has 0 spiro atoms. The Morgan fingerprint density at radius 2 is 1.71 bits per heavy atom. The summed E-state index contributed by atoms with van der Waals surface area (Å²) in [6.45, 7) is 5.73. The molecule has 0 amide bonds. The van der Waals surface area contributed by atoms with E-state index >= 15 is 0 Å². The monoisotopic (exact) mass is 297 g/mol. The minimum Gasteiger partial charge on any atom is -0.488 e. The van der Waals surface area contributed by atoms with Crippen LogP contribution in [0, 0.1) is 0 Å². The molecular weight excluding hydrogens is 279 g/mol. The molecule has 2 aromatic carbocycles. The van der Waals surface area contributed by atoms with Crippen molar-refractivity contribution in [1.29, 1.82) is 0 Å². The molecule has 0 saturated heterocycles. The quantitative estimate of drug-likeness (QED) is 0.880. The van der Waals surface area contributed by atoms with Crippen LogP contribution in [-0.2, 0) is 0 Å². The van der Waals surface area contributed by atoms with Crippen LogP contribution in [-0.4, -0.2) is 11.8 Å². The van der Waals surface area contributed by atoms with Gasteiger partial charge in [-0.15, -0.1) is 0 Å². The highest BCUT2D eigenvalue weighted by Crippen LogP contribution is 2.35. The van der Waals surface area contributed by atoms with Gasteiger partial charge in [-0.25, -0.2) is 0 Å². The van der Waals surface area contributed by atoms with Gasteiger partial charge in [-0.3, -0.25) is 0 Å². The number of hydrogen-bond acceptors (Lipinski definition) is 2. The zero-order chi connectivity index (χ0) is 15.8. The van der Waals surface area contributed by atoms with Gasteiger partial charge in [-0.05, 0) is 49.2 Å². The van der Waals surface area contributed by atoms with Crippen LogP contribution in [0.25, 0.3) is 10.8 Å². The molecule has 21 heavy (non-hydrogen) atoms. The number of alkyl halides is 3. The van der Waals surface area contributed by atoms with Crippen molar-refractivity contribution in [2.75, 3.05) is 0 Å². The zero-order valence-corrected chi connectivity index (χ0v) is 12.2. The second kappa shape index (κ2) is 5.22. The van der Waals surface area contributed by atoms with Gasteiger partial charge in [-0.2, -0.15) is 13.2 Å². The fourth-order valence-corrected chi connectivity index (χ4v) is 2.15. The van der Waals surface area contributed by atoms with Crippen molar-refractivity contribution in [1.82, 2.24) is 0 Å². The molecule has 0 aromatic heterocycles.